The lowest BCUT2D eigenvalue weighted by atomic mass is 10.0. The average molecular weight is 292 g/mol. The van der Waals surface area contributed by atoms with Crippen LogP contribution in [-0.2, 0) is 16.1 Å². The number of halogens is 1. The second-order valence-electron chi connectivity index (χ2n) is 5.50. The highest BCUT2D eigenvalue weighted by Gasteiger charge is 2.56. The maximum Gasteiger partial charge on any atom is 0.235 e. The van der Waals surface area contributed by atoms with Crippen LogP contribution < -0.4 is 10.6 Å². The molecule has 1 fully saturated rings. The van der Waals surface area contributed by atoms with Crippen LogP contribution in [0.25, 0.3) is 0 Å². The third-order valence-corrected chi connectivity index (χ3v) is 3.80. The Kier molecular flexibility index (Phi) is 4.94. The molecular weight excluding hydrogens is 271 g/mol. The zero-order valence-electron chi connectivity index (χ0n) is 12.2. The molecule has 1 aromatic rings. The van der Waals surface area contributed by atoms with Gasteiger partial charge in [-0.25, -0.2) is 4.39 Å². The Morgan fingerprint density at radius 3 is 2.33 bits per heavy atom. The zero-order chi connectivity index (χ0) is 15.3. The van der Waals surface area contributed by atoms with Gasteiger partial charge in [0.15, 0.2) is 0 Å². The molecule has 1 aliphatic rings. The first-order valence-corrected chi connectivity index (χ1v) is 7.39. The van der Waals surface area contributed by atoms with Crippen LogP contribution in [-0.4, -0.2) is 18.4 Å². The van der Waals surface area contributed by atoms with Crippen LogP contribution in [0.1, 0.15) is 38.2 Å². The first-order valence-electron chi connectivity index (χ1n) is 7.39. The fourth-order valence-electron chi connectivity index (χ4n) is 2.18. The molecule has 0 heterocycles. The maximum atomic E-state index is 12.8. The summed E-state index contributed by atoms with van der Waals surface area (Å²) in [6.45, 7) is 2.97. The van der Waals surface area contributed by atoms with Crippen LogP contribution in [0, 0.1) is 11.2 Å². The van der Waals surface area contributed by atoms with Crippen LogP contribution in [0.15, 0.2) is 24.3 Å². The molecule has 2 amide bonds. The van der Waals surface area contributed by atoms with Gasteiger partial charge in [0.05, 0.1) is 0 Å². The predicted octanol–water partition coefficient (Wildman–Crippen LogP) is 2.14. The average Bonchev–Trinajstić information content (AvgIpc) is 3.28. The number of unbranched alkanes of at least 4 members (excludes halogenated alkanes) is 1. The molecular formula is C16H21FN2O2. The first kappa shape index (κ1) is 15.5. The van der Waals surface area contributed by atoms with Crippen molar-refractivity contribution >= 4 is 11.8 Å². The molecule has 0 aromatic heterocycles. The molecule has 21 heavy (non-hydrogen) atoms. The first-order chi connectivity index (χ1) is 10.1. The summed E-state index contributed by atoms with van der Waals surface area (Å²) in [5.74, 6) is -0.715. The summed E-state index contributed by atoms with van der Waals surface area (Å²) in [5, 5.41) is 5.59. The number of nitrogens with one attached hydrogen (secondary N) is 2. The van der Waals surface area contributed by atoms with E-state index in [1.165, 1.54) is 12.1 Å². The summed E-state index contributed by atoms with van der Waals surface area (Å²) in [6.07, 6.45) is 3.11. The minimum Gasteiger partial charge on any atom is -0.355 e. The van der Waals surface area contributed by atoms with E-state index in [0.717, 1.165) is 18.4 Å². The quantitative estimate of drug-likeness (QED) is 0.597. The van der Waals surface area contributed by atoms with Crippen molar-refractivity contribution in [1.29, 1.82) is 0 Å². The highest BCUT2D eigenvalue weighted by atomic mass is 19.1. The van der Waals surface area contributed by atoms with Gasteiger partial charge in [-0.3, -0.25) is 9.59 Å². The van der Waals surface area contributed by atoms with Crippen molar-refractivity contribution in [1.82, 2.24) is 10.6 Å². The van der Waals surface area contributed by atoms with Gasteiger partial charge in [0, 0.05) is 13.1 Å². The van der Waals surface area contributed by atoms with E-state index in [1.807, 2.05) is 0 Å². The van der Waals surface area contributed by atoms with Crippen molar-refractivity contribution in [2.75, 3.05) is 6.54 Å². The number of hydrogen-bond donors (Lipinski definition) is 2. The number of amides is 2. The third-order valence-electron chi connectivity index (χ3n) is 3.80. The molecule has 1 aromatic carbocycles. The molecule has 2 rings (SSSR count). The summed E-state index contributed by atoms with van der Waals surface area (Å²) in [7, 11) is 0. The Hall–Kier alpha value is -1.91. The standard InChI is InChI=1S/C16H21FN2O2/c1-2-3-10-18-14(20)16(8-9-16)15(21)19-11-12-4-6-13(17)7-5-12/h4-7H,2-3,8-11H2,1H3,(H,18,20)(H,19,21). The van der Waals surface area contributed by atoms with Crippen LogP contribution >= 0.6 is 0 Å². The van der Waals surface area contributed by atoms with Gasteiger partial charge in [-0.1, -0.05) is 25.5 Å². The monoisotopic (exact) mass is 292 g/mol. The highest BCUT2D eigenvalue weighted by Crippen LogP contribution is 2.46. The summed E-state index contributed by atoms with van der Waals surface area (Å²) in [6, 6.07) is 5.95. The lowest BCUT2D eigenvalue weighted by molar-refractivity contribution is -0.137. The number of carbonyl (C=O) groups excluding carboxylic acids is 2. The predicted molar refractivity (Wildman–Crippen MR) is 77.8 cm³/mol. The Bertz CT molecular complexity index is 510. The van der Waals surface area contributed by atoms with Gasteiger partial charge in [-0.15, -0.1) is 0 Å². The lowest BCUT2D eigenvalue weighted by Gasteiger charge is -2.15. The number of hydrogen-bond acceptors (Lipinski definition) is 2. The minimum atomic E-state index is -0.881. The Morgan fingerprint density at radius 1 is 1.14 bits per heavy atom. The number of benzene rings is 1. The maximum absolute atomic E-state index is 12.8. The van der Waals surface area contributed by atoms with Crippen LogP contribution in [0.2, 0.25) is 0 Å². The normalized spacial score (nSPS) is 15.3. The molecule has 0 spiro atoms. The molecule has 0 unspecified atom stereocenters. The van der Waals surface area contributed by atoms with Crippen molar-refractivity contribution in [3.63, 3.8) is 0 Å². The van der Waals surface area contributed by atoms with Gasteiger partial charge in [0.25, 0.3) is 0 Å². The van der Waals surface area contributed by atoms with Crippen molar-refractivity contribution in [2.24, 2.45) is 5.41 Å². The van der Waals surface area contributed by atoms with Gasteiger partial charge in [-0.2, -0.15) is 0 Å². The molecule has 0 saturated heterocycles. The summed E-state index contributed by atoms with van der Waals surface area (Å²) < 4.78 is 12.8. The highest BCUT2D eigenvalue weighted by molar-refractivity contribution is 6.07. The fraction of sp³-hybridized carbons (Fsp3) is 0.500. The van der Waals surface area contributed by atoms with Gasteiger partial charge >= 0.3 is 0 Å². The smallest absolute Gasteiger partial charge is 0.235 e. The Balaban J connectivity index is 1.84. The number of carbonyl (C=O) groups is 2. The zero-order valence-corrected chi connectivity index (χ0v) is 12.2. The fourth-order valence-corrected chi connectivity index (χ4v) is 2.18. The molecule has 0 atom stereocenters. The molecule has 114 valence electrons. The summed E-state index contributed by atoms with van der Waals surface area (Å²) in [4.78, 5) is 24.3. The molecule has 4 nitrogen and oxygen atoms in total. The molecule has 2 N–H and O–H groups in total. The summed E-state index contributed by atoms with van der Waals surface area (Å²) >= 11 is 0. The third kappa shape index (κ3) is 3.80. The Labute approximate surface area is 124 Å². The minimum absolute atomic E-state index is 0.174. The van der Waals surface area contributed by atoms with Crippen molar-refractivity contribution < 1.29 is 14.0 Å². The molecule has 0 radical (unpaired) electrons. The van der Waals surface area contributed by atoms with Crippen LogP contribution in [0.3, 0.4) is 0 Å². The van der Waals surface area contributed by atoms with Crippen LogP contribution in [0.5, 0.6) is 0 Å². The van der Waals surface area contributed by atoms with Crippen molar-refractivity contribution in [3.8, 4) is 0 Å². The topological polar surface area (TPSA) is 58.2 Å². The molecule has 0 aliphatic heterocycles. The lowest BCUT2D eigenvalue weighted by Crippen LogP contribution is -2.43. The van der Waals surface area contributed by atoms with E-state index in [4.69, 9.17) is 0 Å². The second-order valence-corrected chi connectivity index (χ2v) is 5.50. The van der Waals surface area contributed by atoms with Gasteiger partial charge < -0.3 is 10.6 Å². The van der Waals surface area contributed by atoms with Gasteiger partial charge in [0.2, 0.25) is 11.8 Å². The Morgan fingerprint density at radius 2 is 1.76 bits per heavy atom. The van der Waals surface area contributed by atoms with E-state index in [1.54, 1.807) is 12.1 Å². The van der Waals surface area contributed by atoms with E-state index in [0.29, 0.717) is 25.9 Å². The molecule has 1 saturated carbocycles. The SMILES string of the molecule is CCCCNC(=O)C1(C(=O)NCc2ccc(F)cc2)CC1. The van der Waals surface area contributed by atoms with Gasteiger partial charge in [-0.05, 0) is 37.0 Å². The second kappa shape index (κ2) is 6.70. The largest absolute Gasteiger partial charge is 0.355 e. The van der Waals surface area contributed by atoms with E-state index in [9.17, 15) is 14.0 Å². The van der Waals surface area contributed by atoms with E-state index >= 15 is 0 Å². The van der Waals surface area contributed by atoms with E-state index in [2.05, 4.69) is 17.6 Å². The van der Waals surface area contributed by atoms with Crippen molar-refractivity contribution in [2.45, 2.75) is 39.2 Å². The van der Waals surface area contributed by atoms with E-state index < -0.39 is 5.41 Å². The molecule has 1 aliphatic carbocycles. The van der Waals surface area contributed by atoms with Crippen molar-refractivity contribution in [3.05, 3.63) is 35.6 Å². The molecule has 0 bridgehead atoms. The van der Waals surface area contributed by atoms with Gasteiger partial charge in [0.1, 0.15) is 11.2 Å². The van der Waals surface area contributed by atoms with E-state index in [-0.39, 0.29) is 17.6 Å². The number of rotatable bonds is 7. The van der Waals surface area contributed by atoms with Crippen LogP contribution in [0.4, 0.5) is 4.39 Å². The summed E-state index contributed by atoms with van der Waals surface area (Å²) in [5.41, 5.74) is -0.0692. The molecule has 5 heteroatoms.